The van der Waals surface area contributed by atoms with Gasteiger partial charge in [0.2, 0.25) is 0 Å². The lowest BCUT2D eigenvalue weighted by atomic mass is 10.1. The molecule has 1 aliphatic heterocycles. The number of rotatable bonds is 6. The molecule has 1 aromatic carbocycles. The Morgan fingerprint density at radius 2 is 1.71 bits per heavy atom. The molecule has 0 saturated carbocycles. The number of nitrogens with one attached hydrogen (secondary N) is 2. The van der Waals surface area contributed by atoms with E-state index in [1.807, 2.05) is 12.1 Å². The van der Waals surface area contributed by atoms with E-state index in [1.54, 1.807) is 7.05 Å². The van der Waals surface area contributed by atoms with Crippen LogP contribution in [0.3, 0.4) is 0 Å². The summed E-state index contributed by atoms with van der Waals surface area (Å²) in [6.45, 7) is 3.66. The quantitative estimate of drug-likeness (QED) is 0.617. The van der Waals surface area contributed by atoms with Crippen LogP contribution >= 0.6 is 0 Å². The minimum atomic E-state index is -4.16. The number of hydrogen-bond donors (Lipinski definition) is 2. The number of alkyl halides is 3. The molecule has 2 rings (SSSR count). The molecular weight excluding hydrogens is 317 g/mol. The second-order valence-electron chi connectivity index (χ2n) is 6.02. The molecule has 7 heteroatoms. The first-order valence-electron chi connectivity index (χ1n) is 8.28. The van der Waals surface area contributed by atoms with E-state index in [9.17, 15) is 13.2 Å². The zero-order chi connectivity index (χ0) is 17.4. The first kappa shape index (κ1) is 18.6. The van der Waals surface area contributed by atoms with Gasteiger partial charge in [-0.2, -0.15) is 13.2 Å². The van der Waals surface area contributed by atoms with E-state index in [4.69, 9.17) is 0 Å². The van der Waals surface area contributed by atoms with Crippen LogP contribution in [0, 0.1) is 0 Å². The lowest BCUT2D eigenvalue weighted by Gasteiger charge is -2.15. The highest BCUT2D eigenvalue weighted by atomic mass is 19.4. The van der Waals surface area contributed by atoms with Crippen LogP contribution in [-0.4, -0.2) is 43.7 Å². The normalized spacial score (nSPS) is 16.4. The van der Waals surface area contributed by atoms with Gasteiger partial charge >= 0.3 is 6.18 Å². The van der Waals surface area contributed by atoms with E-state index in [-0.39, 0.29) is 6.54 Å². The van der Waals surface area contributed by atoms with Gasteiger partial charge in [0.25, 0.3) is 0 Å². The van der Waals surface area contributed by atoms with Crippen molar-refractivity contribution in [3.63, 3.8) is 0 Å². The van der Waals surface area contributed by atoms with Gasteiger partial charge in [0, 0.05) is 26.7 Å². The monoisotopic (exact) mass is 342 g/mol. The van der Waals surface area contributed by atoms with E-state index in [1.165, 1.54) is 31.5 Å². The number of halogens is 3. The second kappa shape index (κ2) is 8.92. The highest BCUT2D eigenvalue weighted by molar-refractivity contribution is 5.79. The van der Waals surface area contributed by atoms with Crippen LogP contribution in [0.2, 0.25) is 0 Å². The zero-order valence-corrected chi connectivity index (χ0v) is 14.0. The molecule has 1 aromatic rings. The summed E-state index contributed by atoms with van der Waals surface area (Å²) in [7, 11) is 1.54. The Labute approximate surface area is 141 Å². The number of benzene rings is 1. The Kier molecular flexibility index (Phi) is 6.90. The molecule has 1 aliphatic rings. The minimum absolute atomic E-state index is 0.183. The van der Waals surface area contributed by atoms with Gasteiger partial charge < -0.3 is 10.6 Å². The summed E-state index contributed by atoms with van der Waals surface area (Å²) in [5.41, 5.74) is 2.35. The van der Waals surface area contributed by atoms with Gasteiger partial charge in [-0.15, -0.1) is 0 Å². The van der Waals surface area contributed by atoms with Crippen molar-refractivity contribution in [3.8, 4) is 0 Å². The summed E-state index contributed by atoms with van der Waals surface area (Å²) in [6, 6.07) is 8.30. The van der Waals surface area contributed by atoms with Crippen LogP contribution in [0.5, 0.6) is 0 Å². The van der Waals surface area contributed by atoms with Crippen molar-refractivity contribution in [2.24, 2.45) is 4.99 Å². The fourth-order valence-electron chi connectivity index (χ4n) is 2.69. The van der Waals surface area contributed by atoms with Crippen LogP contribution in [0.1, 0.15) is 30.4 Å². The van der Waals surface area contributed by atoms with E-state index in [0.717, 1.165) is 12.1 Å². The van der Waals surface area contributed by atoms with E-state index < -0.39 is 12.6 Å². The molecule has 1 fully saturated rings. The summed E-state index contributed by atoms with van der Waals surface area (Å²) >= 11 is 0. The topological polar surface area (TPSA) is 39.7 Å². The van der Waals surface area contributed by atoms with Crippen LogP contribution in [0.25, 0.3) is 0 Å². The van der Waals surface area contributed by atoms with Crippen molar-refractivity contribution in [2.75, 3.05) is 26.7 Å². The van der Waals surface area contributed by atoms with Gasteiger partial charge in [-0.25, -0.2) is 0 Å². The molecule has 4 nitrogen and oxygen atoms in total. The summed E-state index contributed by atoms with van der Waals surface area (Å²) in [5, 5.41) is 5.69. The van der Waals surface area contributed by atoms with Crippen molar-refractivity contribution < 1.29 is 13.2 Å². The third-order valence-electron chi connectivity index (χ3n) is 4.01. The van der Waals surface area contributed by atoms with Gasteiger partial charge in [-0.1, -0.05) is 24.3 Å². The number of guanidine groups is 1. The lowest BCUT2D eigenvalue weighted by Crippen LogP contribution is -2.38. The Bertz CT molecular complexity index is 520. The highest BCUT2D eigenvalue weighted by Gasteiger charge is 2.26. The fourth-order valence-corrected chi connectivity index (χ4v) is 2.69. The second-order valence-corrected chi connectivity index (χ2v) is 6.02. The Balaban J connectivity index is 1.74. The molecule has 0 atom stereocenters. The Morgan fingerprint density at radius 1 is 1.08 bits per heavy atom. The number of aliphatic imine (C=N–C) groups is 1. The molecule has 134 valence electrons. The first-order chi connectivity index (χ1) is 11.5. The van der Waals surface area contributed by atoms with Crippen LogP contribution in [0.15, 0.2) is 29.3 Å². The smallest absolute Gasteiger partial charge is 0.356 e. The van der Waals surface area contributed by atoms with Crippen molar-refractivity contribution in [3.05, 3.63) is 35.4 Å². The van der Waals surface area contributed by atoms with E-state index in [2.05, 4.69) is 32.7 Å². The summed E-state index contributed by atoms with van der Waals surface area (Å²) in [5.74, 6) is 0.375. The molecule has 0 amide bonds. The molecule has 0 aliphatic carbocycles. The third-order valence-corrected chi connectivity index (χ3v) is 4.01. The van der Waals surface area contributed by atoms with Crippen molar-refractivity contribution in [1.29, 1.82) is 0 Å². The van der Waals surface area contributed by atoms with Crippen LogP contribution < -0.4 is 10.6 Å². The summed E-state index contributed by atoms with van der Waals surface area (Å²) in [6.07, 6.45) is -2.47. The average molecular weight is 342 g/mol. The summed E-state index contributed by atoms with van der Waals surface area (Å²) in [4.78, 5) is 6.37. The minimum Gasteiger partial charge on any atom is -0.356 e. The maximum Gasteiger partial charge on any atom is 0.390 e. The largest absolute Gasteiger partial charge is 0.390 e. The average Bonchev–Trinajstić information content (AvgIpc) is 3.04. The van der Waals surface area contributed by atoms with Gasteiger partial charge in [-0.3, -0.25) is 9.89 Å². The molecule has 0 bridgehead atoms. The van der Waals surface area contributed by atoms with E-state index >= 15 is 0 Å². The lowest BCUT2D eigenvalue weighted by molar-refractivity contribution is -0.132. The summed E-state index contributed by atoms with van der Waals surface area (Å²) < 4.78 is 36.4. The van der Waals surface area contributed by atoms with Crippen molar-refractivity contribution in [1.82, 2.24) is 15.5 Å². The first-order valence-corrected chi connectivity index (χ1v) is 8.28. The molecule has 0 radical (unpaired) electrons. The van der Waals surface area contributed by atoms with Crippen LogP contribution in [0.4, 0.5) is 13.2 Å². The molecular formula is C17H25F3N4. The molecule has 0 spiro atoms. The molecule has 0 unspecified atom stereocenters. The molecule has 1 heterocycles. The molecule has 2 N–H and O–H groups in total. The SMILES string of the molecule is CN=C(NCCC(F)(F)F)NCc1ccc(CN2CCCC2)cc1. The van der Waals surface area contributed by atoms with E-state index in [0.29, 0.717) is 12.5 Å². The molecule has 1 saturated heterocycles. The highest BCUT2D eigenvalue weighted by Crippen LogP contribution is 2.18. The number of likely N-dealkylation sites (tertiary alicyclic amines) is 1. The maximum absolute atomic E-state index is 12.1. The molecule has 24 heavy (non-hydrogen) atoms. The van der Waals surface area contributed by atoms with Gasteiger partial charge in [0.15, 0.2) is 5.96 Å². The Morgan fingerprint density at radius 3 is 2.29 bits per heavy atom. The van der Waals surface area contributed by atoms with Gasteiger partial charge in [0.05, 0.1) is 6.42 Å². The van der Waals surface area contributed by atoms with Gasteiger partial charge in [-0.05, 0) is 37.1 Å². The third kappa shape index (κ3) is 6.78. The number of nitrogens with zero attached hydrogens (tertiary/aromatic N) is 2. The zero-order valence-electron chi connectivity index (χ0n) is 14.0. The predicted molar refractivity (Wildman–Crippen MR) is 89.8 cm³/mol. The molecule has 0 aromatic heterocycles. The van der Waals surface area contributed by atoms with Crippen molar-refractivity contribution >= 4 is 5.96 Å². The van der Waals surface area contributed by atoms with Crippen LogP contribution in [-0.2, 0) is 13.1 Å². The predicted octanol–water partition coefficient (Wildman–Crippen LogP) is 2.90. The Hall–Kier alpha value is -1.76. The van der Waals surface area contributed by atoms with Gasteiger partial charge in [0.1, 0.15) is 0 Å². The standard InChI is InChI=1S/C17H25F3N4/c1-21-16(22-9-8-17(18,19)20)23-12-14-4-6-15(7-5-14)13-24-10-2-3-11-24/h4-7H,2-3,8-13H2,1H3,(H2,21,22,23). The van der Waals surface area contributed by atoms with Crippen molar-refractivity contribution in [2.45, 2.75) is 38.5 Å². The number of hydrogen-bond acceptors (Lipinski definition) is 2. The fraction of sp³-hybridized carbons (Fsp3) is 0.588. The maximum atomic E-state index is 12.1.